The molecule has 0 saturated heterocycles. The third-order valence-electron chi connectivity index (χ3n) is 3.79. The van der Waals surface area contributed by atoms with Crippen molar-refractivity contribution in [2.75, 3.05) is 11.5 Å². The highest BCUT2D eigenvalue weighted by atomic mass is 35.5. The van der Waals surface area contributed by atoms with Gasteiger partial charge in [-0.2, -0.15) is 11.8 Å². The first kappa shape index (κ1) is 16.9. The van der Waals surface area contributed by atoms with Crippen LogP contribution in [-0.4, -0.2) is 25.5 Å². The van der Waals surface area contributed by atoms with Gasteiger partial charge in [-0.15, -0.1) is 0 Å². The van der Waals surface area contributed by atoms with Gasteiger partial charge in [-0.25, -0.2) is 13.1 Å². The van der Waals surface area contributed by atoms with Crippen molar-refractivity contribution in [2.45, 2.75) is 49.3 Å². The summed E-state index contributed by atoms with van der Waals surface area (Å²) in [5.74, 6) is 0.992. The second-order valence-electron chi connectivity index (χ2n) is 5.27. The first-order chi connectivity index (χ1) is 9.85. The number of benzene rings is 1. The van der Waals surface area contributed by atoms with Crippen LogP contribution in [-0.2, 0) is 10.0 Å². The van der Waals surface area contributed by atoms with Crippen LogP contribution < -0.4 is 10.5 Å². The molecule has 0 spiro atoms. The topological polar surface area (TPSA) is 72.2 Å². The molecule has 1 fully saturated rings. The number of nitrogen functional groups attached to an aromatic ring is 1. The molecule has 2 rings (SSSR count). The van der Waals surface area contributed by atoms with Gasteiger partial charge in [-0.05, 0) is 43.2 Å². The van der Waals surface area contributed by atoms with E-state index >= 15 is 0 Å². The Labute approximate surface area is 135 Å². The number of halogens is 1. The van der Waals surface area contributed by atoms with Crippen molar-refractivity contribution >= 4 is 39.1 Å². The molecule has 7 heteroatoms. The maximum atomic E-state index is 12.6. The molecule has 118 valence electrons. The zero-order chi connectivity index (χ0) is 15.6. The molecule has 1 aliphatic carbocycles. The van der Waals surface area contributed by atoms with Crippen molar-refractivity contribution < 1.29 is 8.42 Å². The summed E-state index contributed by atoms with van der Waals surface area (Å²) < 4.78 is 28.1. The number of sulfonamides is 1. The zero-order valence-corrected chi connectivity index (χ0v) is 14.6. The number of thioether (sulfide) groups is 1. The van der Waals surface area contributed by atoms with Gasteiger partial charge in [-0.3, -0.25) is 0 Å². The molecule has 2 unspecified atom stereocenters. The Hall–Kier alpha value is -0.430. The lowest BCUT2D eigenvalue weighted by Crippen LogP contribution is -2.39. The fourth-order valence-corrected chi connectivity index (χ4v) is 5.88. The molecule has 0 aliphatic heterocycles. The maximum Gasteiger partial charge on any atom is 0.241 e. The molecule has 0 heterocycles. The van der Waals surface area contributed by atoms with Gasteiger partial charge >= 0.3 is 0 Å². The van der Waals surface area contributed by atoms with Crippen LogP contribution >= 0.6 is 23.4 Å². The predicted molar refractivity (Wildman–Crippen MR) is 90.5 cm³/mol. The molecular weight excluding hydrogens is 328 g/mol. The Kier molecular flexibility index (Phi) is 5.46. The van der Waals surface area contributed by atoms with Crippen LogP contribution in [0.5, 0.6) is 0 Å². The number of hydrogen-bond acceptors (Lipinski definition) is 4. The predicted octanol–water partition coefficient (Wildman–Crippen LogP) is 3.18. The Balaban J connectivity index is 2.27. The molecule has 3 N–H and O–H groups in total. The highest BCUT2D eigenvalue weighted by molar-refractivity contribution is 8.00. The van der Waals surface area contributed by atoms with Gasteiger partial charge in [0, 0.05) is 22.0 Å². The Bertz CT molecular complexity index is 620. The van der Waals surface area contributed by atoms with Gasteiger partial charge in [0.1, 0.15) is 0 Å². The monoisotopic (exact) mass is 348 g/mol. The fourth-order valence-electron chi connectivity index (χ4n) is 2.69. The molecular formula is C14H21ClN2O2S2. The van der Waals surface area contributed by atoms with E-state index in [-0.39, 0.29) is 10.9 Å². The van der Waals surface area contributed by atoms with Crippen LogP contribution in [0.15, 0.2) is 17.0 Å². The molecule has 1 saturated carbocycles. The highest BCUT2D eigenvalue weighted by Gasteiger charge is 2.32. The number of hydrogen-bond donors (Lipinski definition) is 2. The summed E-state index contributed by atoms with van der Waals surface area (Å²) in [7, 11) is -3.60. The lowest BCUT2D eigenvalue weighted by Gasteiger charge is -2.21. The zero-order valence-electron chi connectivity index (χ0n) is 12.2. The van der Waals surface area contributed by atoms with E-state index in [1.807, 2.05) is 11.8 Å². The minimum absolute atomic E-state index is 0.0143. The largest absolute Gasteiger partial charge is 0.398 e. The molecule has 0 bridgehead atoms. The molecule has 2 atom stereocenters. The summed E-state index contributed by atoms with van der Waals surface area (Å²) in [5.41, 5.74) is 6.76. The average Bonchev–Trinajstić information content (AvgIpc) is 2.81. The van der Waals surface area contributed by atoms with E-state index in [1.165, 1.54) is 6.07 Å². The van der Waals surface area contributed by atoms with Gasteiger partial charge < -0.3 is 5.73 Å². The summed E-state index contributed by atoms with van der Waals surface area (Å²) in [6.07, 6.45) is 3.00. The summed E-state index contributed by atoms with van der Waals surface area (Å²) >= 11 is 7.76. The van der Waals surface area contributed by atoms with Crippen LogP contribution in [0.25, 0.3) is 0 Å². The van der Waals surface area contributed by atoms with Crippen LogP contribution in [0.2, 0.25) is 5.02 Å². The standard InChI is InChI=1S/C14H21ClN2O2S2/c1-3-20-13-6-4-5-12(13)17-21(18,19)14-8-10(15)7-11(16)9(14)2/h7-8,12-13,17H,3-6,16H2,1-2H3. The molecule has 4 nitrogen and oxygen atoms in total. The van der Waals surface area contributed by atoms with Gasteiger partial charge in [0.05, 0.1) is 4.90 Å². The van der Waals surface area contributed by atoms with Crippen LogP contribution in [0.4, 0.5) is 5.69 Å². The lowest BCUT2D eigenvalue weighted by atomic mass is 10.2. The molecule has 0 amide bonds. The van der Waals surface area contributed by atoms with Crippen molar-refractivity contribution in [1.82, 2.24) is 4.72 Å². The highest BCUT2D eigenvalue weighted by Crippen LogP contribution is 2.32. The van der Waals surface area contributed by atoms with Gasteiger partial charge in [0.25, 0.3) is 0 Å². The fraction of sp³-hybridized carbons (Fsp3) is 0.571. The quantitative estimate of drug-likeness (QED) is 0.801. The van der Waals surface area contributed by atoms with Crippen LogP contribution in [0.1, 0.15) is 31.7 Å². The molecule has 0 aromatic heterocycles. The molecule has 1 aromatic carbocycles. The van der Waals surface area contributed by atoms with E-state index < -0.39 is 10.0 Å². The van der Waals surface area contributed by atoms with Crippen LogP contribution in [0, 0.1) is 6.92 Å². The third kappa shape index (κ3) is 3.86. The minimum atomic E-state index is -3.60. The van der Waals surface area contributed by atoms with Gasteiger partial charge in [0.2, 0.25) is 10.0 Å². The van der Waals surface area contributed by atoms with Gasteiger partial charge in [-0.1, -0.05) is 24.9 Å². The number of nitrogens with two attached hydrogens (primary N) is 1. The van der Waals surface area contributed by atoms with E-state index in [4.69, 9.17) is 17.3 Å². The van der Waals surface area contributed by atoms with Crippen molar-refractivity contribution in [3.63, 3.8) is 0 Å². The lowest BCUT2D eigenvalue weighted by molar-refractivity contribution is 0.554. The van der Waals surface area contributed by atoms with E-state index in [0.717, 1.165) is 25.0 Å². The van der Waals surface area contributed by atoms with Crippen molar-refractivity contribution in [2.24, 2.45) is 0 Å². The van der Waals surface area contributed by atoms with Crippen molar-refractivity contribution in [3.8, 4) is 0 Å². The van der Waals surface area contributed by atoms with Crippen molar-refractivity contribution in [1.29, 1.82) is 0 Å². The normalized spacial score (nSPS) is 22.6. The van der Waals surface area contributed by atoms with Crippen molar-refractivity contribution in [3.05, 3.63) is 22.7 Å². The maximum absolute atomic E-state index is 12.6. The summed E-state index contributed by atoms with van der Waals surface area (Å²) in [5, 5.41) is 0.686. The second kappa shape index (κ2) is 6.77. The number of rotatable bonds is 5. The molecule has 0 radical (unpaired) electrons. The summed E-state index contributed by atoms with van der Waals surface area (Å²) in [6.45, 7) is 3.80. The minimum Gasteiger partial charge on any atom is -0.398 e. The van der Waals surface area contributed by atoms with E-state index in [1.54, 1.807) is 13.0 Å². The molecule has 1 aliphatic rings. The second-order valence-corrected chi connectivity index (χ2v) is 8.91. The first-order valence-electron chi connectivity index (χ1n) is 7.04. The Morgan fingerprint density at radius 3 is 2.81 bits per heavy atom. The number of anilines is 1. The molecule has 1 aromatic rings. The third-order valence-corrected chi connectivity index (χ3v) is 6.95. The summed E-state index contributed by atoms with van der Waals surface area (Å²) in [6, 6.07) is 3.02. The van der Waals surface area contributed by atoms with E-state index in [2.05, 4.69) is 11.6 Å². The van der Waals surface area contributed by atoms with Gasteiger partial charge in [0.15, 0.2) is 0 Å². The van der Waals surface area contributed by atoms with E-state index in [0.29, 0.717) is 21.5 Å². The Morgan fingerprint density at radius 1 is 1.43 bits per heavy atom. The first-order valence-corrected chi connectivity index (χ1v) is 9.95. The SMILES string of the molecule is CCSC1CCCC1NS(=O)(=O)c1cc(Cl)cc(N)c1C. The van der Waals surface area contributed by atoms with Crippen LogP contribution in [0.3, 0.4) is 0 Å². The smallest absolute Gasteiger partial charge is 0.241 e. The summed E-state index contributed by atoms with van der Waals surface area (Å²) in [4.78, 5) is 0.180. The Morgan fingerprint density at radius 2 is 2.14 bits per heavy atom. The van der Waals surface area contributed by atoms with E-state index in [9.17, 15) is 8.42 Å². The number of nitrogens with one attached hydrogen (secondary N) is 1. The average molecular weight is 349 g/mol. The molecule has 21 heavy (non-hydrogen) atoms.